The van der Waals surface area contributed by atoms with Gasteiger partial charge in [0.2, 0.25) is 0 Å². The summed E-state index contributed by atoms with van der Waals surface area (Å²) in [5, 5.41) is 11.3. The van der Waals surface area contributed by atoms with E-state index in [0.717, 1.165) is 44.1 Å². The summed E-state index contributed by atoms with van der Waals surface area (Å²) in [6, 6.07) is 3.61. The van der Waals surface area contributed by atoms with Crippen LogP contribution in [0.4, 0.5) is 0 Å². The molecule has 4 aliphatic carbocycles. The van der Waals surface area contributed by atoms with E-state index < -0.39 is 11.0 Å². The van der Waals surface area contributed by atoms with Gasteiger partial charge in [-0.15, -0.1) is 0 Å². The lowest BCUT2D eigenvalue weighted by atomic mass is 9.48. The van der Waals surface area contributed by atoms with Crippen LogP contribution in [0, 0.1) is 17.3 Å². The van der Waals surface area contributed by atoms with Gasteiger partial charge in [-0.05, 0) is 68.1 Å². The van der Waals surface area contributed by atoms with Crippen LogP contribution >= 0.6 is 11.6 Å². The Morgan fingerprint density at radius 3 is 2.67 bits per heavy atom. The molecule has 5 nitrogen and oxygen atoms in total. The minimum atomic E-state index is -0.665. The maximum Gasteiger partial charge on any atom is 0.312 e. The molecule has 146 valence electrons. The fraction of sp³-hybridized carbons (Fsp3) is 0.667. The third-order valence-corrected chi connectivity index (χ3v) is 6.98. The Morgan fingerprint density at radius 1 is 1.19 bits per heavy atom. The quantitative estimate of drug-likeness (QED) is 0.791. The maximum atomic E-state index is 13.0. The Bertz CT molecular complexity index is 762. The summed E-state index contributed by atoms with van der Waals surface area (Å²) >= 11 is 6.33. The molecule has 1 heterocycles. The first-order chi connectivity index (χ1) is 12.9. The van der Waals surface area contributed by atoms with E-state index in [4.69, 9.17) is 25.8 Å². The standard InChI is InChI=1S/C21H25ClO5/c22-16-5-13(6-17-18(16)26-3-1-2-25-17)11-27-19(23)20-7-14-4-15(8-20)10-21(24,9-14)12-20/h5-6,14-15,24H,1-4,7-12H2/t14-,15-,20?,21?/m1/s1. The number of rotatable bonds is 3. The summed E-state index contributed by atoms with van der Waals surface area (Å²) in [4.78, 5) is 13.0. The third-order valence-electron chi connectivity index (χ3n) is 6.70. The molecule has 0 saturated heterocycles. The Hall–Kier alpha value is -1.46. The van der Waals surface area contributed by atoms with Gasteiger partial charge in [-0.25, -0.2) is 0 Å². The summed E-state index contributed by atoms with van der Waals surface area (Å²) in [6.07, 6.45) is 5.90. The molecule has 0 unspecified atom stereocenters. The zero-order chi connectivity index (χ0) is 18.6. The van der Waals surface area contributed by atoms with E-state index in [0.29, 0.717) is 48.0 Å². The number of carbonyl (C=O) groups excluding carboxylic acids is 1. The second-order valence-electron chi connectivity index (χ2n) is 9.00. The highest BCUT2D eigenvalue weighted by atomic mass is 35.5. The number of benzene rings is 1. The molecule has 0 amide bonds. The lowest BCUT2D eigenvalue weighted by Crippen LogP contribution is -2.58. The van der Waals surface area contributed by atoms with Crippen LogP contribution in [0.2, 0.25) is 5.02 Å². The Kier molecular flexibility index (Phi) is 4.10. The van der Waals surface area contributed by atoms with Crippen molar-refractivity contribution in [1.29, 1.82) is 0 Å². The molecule has 1 aromatic rings. The van der Waals surface area contributed by atoms with Crippen LogP contribution in [-0.4, -0.2) is 29.9 Å². The fourth-order valence-corrected chi connectivity index (χ4v) is 6.41. The van der Waals surface area contributed by atoms with Crippen LogP contribution in [0.25, 0.3) is 0 Å². The molecule has 5 aliphatic rings. The van der Waals surface area contributed by atoms with Crippen LogP contribution < -0.4 is 9.47 Å². The highest BCUT2D eigenvalue weighted by Crippen LogP contribution is 2.62. The molecule has 2 atom stereocenters. The zero-order valence-electron chi connectivity index (χ0n) is 15.3. The number of aliphatic hydroxyl groups is 1. The first kappa shape index (κ1) is 17.6. The monoisotopic (exact) mass is 392 g/mol. The second-order valence-corrected chi connectivity index (χ2v) is 9.40. The summed E-state index contributed by atoms with van der Waals surface area (Å²) in [5.74, 6) is 1.91. The summed E-state index contributed by atoms with van der Waals surface area (Å²) in [5.41, 5.74) is -0.378. The van der Waals surface area contributed by atoms with Gasteiger partial charge in [0.25, 0.3) is 0 Å². The van der Waals surface area contributed by atoms with Gasteiger partial charge in [-0.1, -0.05) is 11.6 Å². The van der Waals surface area contributed by atoms with Gasteiger partial charge in [0.15, 0.2) is 11.5 Å². The van der Waals surface area contributed by atoms with Crippen LogP contribution in [-0.2, 0) is 16.1 Å². The van der Waals surface area contributed by atoms with Crippen LogP contribution in [0.5, 0.6) is 11.5 Å². The number of esters is 1. The van der Waals surface area contributed by atoms with E-state index in [9.17, 15) is 9.90 Å². The van der Waals surface area contributed by atoms with Crippen LogP contribution in [0.3, 0.4) is 0 Å². The van der Waals surface area contributed by atoms with Gasteiger partial charge in [0.05, 0.1) is 29.3 Å². The average Bonchev–Trinajstić information content (AvgIpc) is 2.83. The maximum absolute atomic E-state index is 13.0. The highest BCUT2D eigenvalue weighted by Gasteiger charge is 2.60. The summed E-state index contributed by atoms with van der Waals surface area (Å²) < 4.78 is 17.1. The van der Waals surface area contributed by atoms with Gasteiger partial charge >= 0.3 is 5.97 Å². The molecule has 4 bridgehead atoms. The molecule has 4 fully saturated rings. The second kappa shape index (κ2) is 6.28. The van der Waals surface area contributed by atoms with Crippen molar-refractivity contribution in [2.75, 3.05) is 13.2 Å². The van der Waals surface area contributed by atoms with Gasteiger partial charge in [-0.3, -0.25) is 4.79 Å². The fourth-order valence-electron chi connectivity index (χ4n) is 6.12. The molecule has 1 aliphatic heterocycles. The highest BCUT2D eigenvalue weighted by molar-refractivity contribution is 6.32. The SMILES string of the molecule is O=C(OCc1cc(Cl)c2c(c1)OCCCO2)C12C[C@H]3C[C@@H](CC(O)(C3)C1)C2. The molecule has 0 radical (unpaired) electrons. The average molecular weight is 393 g/mol. The van der Waals surface area contributed by atoms with Crippen molar-refractivity contribution in [3.05, 3.63) is 22.7 Å². The minimum Gasteiger partial charge on any atom is -0.489 e. The Morgan fingerprint density at radius 2 is 1.93 bits per heavy atom. The van der Waals surface area contributed by atoms with E-state index in [1.54, 1.807) is 6.07 Å². The summed E-state index contributed by atoms with van der Waals surface area (Å²) in [6.45, 7) is 1.32. The topological polar surface area (TPSA) is 65.0 Å². The van der Waals surface area contributed by atoms with Crippen molar-refractivity contribution in [2.24, 2.45) is 17.3 Å². The molecule has 0 spiro atoms. The van der Waals surface area contributed by atoms with Crippen molar-refractivity contribution < 1.29 is 24.1 Å². The molecule has 1 aromatic carbocycles. The van der Waals surface area contributed by atoms with E-state index in [2.05, 4.69) is 0 Å². The molecule has 4 saturated carbocycles. The normalized spacial score (nSPS) is 36.4. The Balaban J connectivity index is 1.31. The smallest absolute Gasteiger partial charge is 0.312 e. The van der Waals surface area contributed by atoms with E-state index in [1.807, 2.05) is 6.07 Å². The van der Waals surface area contributed by atoms with Crippen molar-refractivity contribution in [3.8, 4) is 11.5 Å². The van der Waals surface area contributed by atoms with Crippen molar-refractivity contribution in [3.63, 3.8) is 0 Å². The van der Waals surface area contributed by atoms with Crippen molar-refractivity contribution >= 4 is 17.6 Å². The molecule has 1 N–H and O–H groups in total. The van der Waals surface area contributed by atoms with Crippen LogP contribution in [0.15, 0.2) is 12.1 Å². The zero-order valence-corrected chi connectivity index (χ0v) is 16.1. The van der Waals surface area contributed by atoms with Crippen LogP contribution in [0.1, 0.15) is 50.5 Å². The molecule has 6 heteroatoms. The number of halogens is 1. The number of ether oxygens (including phenoxy) is 3. The number of hydrogen-bond acceptors (Lipinski definition) is 5. The lowest BCUT2D eigenvalue weighted by molar-refractivity contribution is -0.197. The number of fused-ring (bicyclic) bond motifs is 1. The predicted molar refractivity (Wildman–Crippen MR) is 98.9 cm³/mol. The van der Waals surface area contributed by atoms with Gasteiger partial charge in [-0.2, -0.15) is 0 Å². The van der Waals surface area contributed by atoms with E-state index in [-0.39, 0.29) is 12.6 Å². The molecule has 27 heavy (non-hydrogen) atoms. The molecular weight excluding hydrogens is 368 g/mol. The van der Waals surface area contributed by atoms with Gasteiger partial charge < -0.3 is 19.3 Å². The van der Waals surface area contributed by atoms with Gasteiger partial charge in [0, 0.05) is 6.42 Å². The number of hydrogen-bond donors (Lipinski definition) is 1. The third kappa shape index (κ3) is 3.09. The molecule has 6 rings (SSSR count). The predicted octanol–water partition coefficient (Wildman–Crippen LogP) is 3.88. The van der Waals surface area contributed by atoms with Gasteiger partial charge in [0.1, 0.15) is 6.61 Å². The van der Waals surface area contributed by atoms with E-state index >= 15 is 0 Å². The first-order valence-corrected chi connectivity index (χ1v) is 10.3. The van der Waals surface area contributed by atoms with E-state index in [1.165, 1.54) is 0 Å². The molecular formula is C21H25ClO5. The summed E-state index contributed by atoms with van der Waals surface area (Å²) in [7, 11) is 0. The largest absolute Gasteiger partial charge is 0.489 e. The van der Waals surface area contributed by atoms with Crippen molar-refractivity contribution in [2.45, 2.75) is 57.2 Å². The Labute approximate surface area is 163 Å². The number of carbonyl (C=O) groups is 1. The molecule has 0 aromatic heterocycles. The minimum absolute atomic E-state index is 0.157. The van der Waals surface area contributed by atoms with Crippen molar-refractivity contribution in [1.82, 2.24) is 0 Å². The first-order valence-electron chi connectivity index (χ1n) is 9.92. The lowest BCUT2D eigenvalue weighted by Gasteiger charge is -2.58.